The minimum atomic E-state index is -0.541. The Morgan fingerprint density at radius 3 is 2.64 bits per heavy atom. The molecule has 0 aromatic heterocycles. The number of nitrogens with zero attached hydrogens (tertiary/aromatic N) is 3. The molecule has 0 aliphatic rings. The van der Waals surface area contributed by atoms with Crippen molar-refractivity contribution in [2.45, 2.75) is 0 Å². The van der Waals surface area contributed by atoms with Gasteiger partial charge in [0.05, 0.1) is 14.2 Å². The van der Waals surface area contributed by atoms with Crippen LogP contribution in [0.15, 0.2) is 41.4 Å². The Morgan fingerprint density at radius 2 is 2.09 bits per heavy atom. The maximum absolute atomic E-state index is 11.8. The first kappa shape index (κ1) is 17.0. The van der Waals surface area contributed by atoms with Crippen LogP contribution in [0.4, 0.5) is 5.69 Å². The predicted molar refractivity (Wildman–Crippen MR) is 81.1 cm³/mol. The minimum absolute atomic E-state index is 0.132. The Labute approximate surface area is 129 Å². The number of rotatable bonds is 6. The second-order valence-electron chi connectivity index (χ2n) is 4.07. The molecule has 0 atom stereocenters. The van der Waals surface area contributed by atoms with Gasteiger partial charge in [0.1, 0.15) is 19.4 Å². The number of ether oxygens (including phenoxy) is 2. The van der Waals surface area contributed by atoms with Gasteiger partial charge in [0.25, 0.3) is 0 Å². The molecule has 0 aliphatic heterocycles. The maximum atomic E-state index is 11.8. The number of methoxy groups -OCH3 is 2. The van der Waals surface area contributed by atoms with Crippen molar-refractivity contribution in [2.24, 2.45) is 5.16 Å². The first-order valence-electron chi connectivity index (χ1n) is 6.25. The molecule has 116 valence electrons. The van der Waals surface area contributed by atoms with E-state index in [0.29, 0.717) is 11.3 Å². The third-order valence-corrected chi connectivity index (χ3v) is 2.78. The average Bonchev–Trinajstić information content (AvgIpc) is 2.56. The minimum Gasteiger partial charge on any atom is -0.502 e. The van der Waals surface area contributed by atoms with E-state index >= 15 is 0 Å². The molecule has 0 fully saturated rings. The summed E-state index contributed by atoms with van der Waals surface area (Å²) >= 11 is 0. The van der Waals surface area contributed by atoms with Crippen molar-refractivity contribution < 1.29 is 19.1 Å². The van der Waals surface area contributed by atoms with Gasteiger partial charge in [-0.15, -0.1) is 0 Å². The molecule has 0 N–H and O–H groups in total. The zero-order valence-electron chi connectivity index (χ0n) is 12.9. The molecule has 0 unspecified atom stereocenters. The molecule has 0 bridgehead atoms. The average molecular weight is 303 g/mol. The van der Waals surface area contributed by atoms with E-state index in [0.717, 1.165) is 0 Å². The number of oxime groups is 1. The Balaban J connectivity index is 3.22. The maximum Gasteiger partial charge on any atom is 0.357 e. The molecule has 0 heterocycles. The molecular weight excluding hydrogens is 286 g/mol. The molecule has 1 aromatic carbocycles. The molecule has 0 aliphatic carbocycles. The van der Waals surface area contributed by atoms with E-state index in [1.54, 1.807) is 36.2 Å². The second kappa shape index (κ2) is 8.32. The molecule has 0 amide bonds. The van der Waals surface area contributed by atoms with Gasteiger partial charge in [0.15, 0.2) is 11.4 Å². The number of nitriles is 1. The summed E-state index contributed by atoms with van der Waals surface area (Å²) in [5.74, 6) is -0.541. The lowest BCUT2D eigenvalue weighted by atomic mass is 10.1. The number of carbonyl (C=O) groups excluding carboxylic acids is 1. The lowest BCUT2D eigenvalue weighted by Crippen LogP contribution is -2.24. The Bertz CT molecular complexity index is 632. The van der Waals surface area contributed by atoms with Crippen LogP contribution in [0.3, 0.4) is 0 Å². The highest BCUT2D eigenvalue weighted by Crippen LogP contribution is 2.20. The standard InChI is InChI=1S/C15H17N3O4/c1-18(14(10-20-2)15(19)21-3)12-7-5-6-11(8-12)13(9-16)17-22-4/h5-8,10H,1-4H3. The van der Waals surface area contributed by atoms with Gasteiger partial charge >= 0.3 is 5.97 Å². The summed E-state index contributed by atoms with van der Waals surface area (Å²) in [7, 11) is 5.77. The zero-order chi connectivity index (χ0) is 16.5. The van der Waals surface area contributed by atoms with Crippen molar-refractivity contribution in [3.8, 4) is 6.07 Å². The fraction of sp³-hybridized carbons (Fsp3) is 0.267. The van der Waals surface area contributed by atoms with Crippen LogP contribution < -0.4 is 4.90 Å². The van der Waals surface area contributed by atoms with Gasteiger partial charge in [-0.3, -0.25) is 0 Å². The first-order valence-corrected chi connectivity index (χ1v) is 6.25. The summed E-state index contributed by atoms with van der Waals surface area (Å²) in [6, 6.07) is 8.89. The van der Waals surface area contributed by atoms with Crippen molar-refractivity contribution >= 4 is 17.4 Å². The molecular formula is C15H17N3O4. The smallest absolute Gasteiger partial charge is 0.357 e. The molecule has 1 aromatic rings. The molecule has 0 saturated carbocycles. The van der Waals surface area contributed by atoms with Crippen molar-refractivity contribution in [3.05, 3.63) is 41.8 Å². The van der Waals surface area contributed by atoms with Gasteiger partial charge in [-0.05, 0) is 12.1 Å². The van der Waals surface area contributed by atoms with Crippen LogP contribution in [-0.4, -0.2) is 40.1 Å². The van der Waals surface area contributed by atoms with Gasteiger partial charge in [-0.25, -0.2) is 4.79 Å². The van der Waals surface area contributed by atoms with Crippen molar-refractivity contribution in [3.63, 3.8) is 0 Å². The van der Waals surface area contributed by atoms with Gasteiger partial charge < -0.3 is 19.2 Å². The summed E-state index contributed by atoms with van der Waals surface area (Å²) in [5.41, 5.74) is 1.57. The van der Waals surface area contributed by atoms with Crippen LogP contribution in [0.2, 0.25) is 0 Å². The van der Waals surface area contributed by atoms with Crippen molar-refractivity contribution in [2.75, 3.05) is 33.3 Å². The number of esters is 1. The predicted octanol–water partition coefficient (Wildman–Crippen LogP) is 1.66. The van der Waals surface area contributed by atoms with E-state index in [9.17, 15) is 4.79 Å². The van der Waals surface area contributed by atoms with Crippen LogP contribution in [0.1, 0.15) is 5.56 Å². The van der Waals surface area contributed by atoms with Crippen LogP contribution in [0, 0.1) is 11.3 Å². The Hall–Kier alpha value is -3.01. The molecule has 1 rings (SSSR count). The number of hydrogen-bond donors (Lipinski definition) is 0. The van der Waals surface area contributed by atoms with E-state index in [4.69, 9.17) is 14.7 Å². The van der Waals surface area contributed by atoms with Crippen LogP contribution in [-0.2, 0) is 19.1 Å². The van der Waals surface area contributed by atoms with Gasteiger partial charge in [0.2, 0.25) is 0 Å². The molecule has 0 radical (unpaired) electrons. The monoisotopic (exact) mass is 303 g/mol. The van der Waals surface area contributed by atoms with Crippen LogP contribution in [0.5, 0.6) is 0 Å². The van der Waals surface area contributed by atoms with E-state index in [-0.39, 0.29) is 11.4 Å². The summed E-state index contributed by atoms with van der Waals surface area (Å²) in [6.45, 7) is 0. The topological polar surface area (TPSA) is 84.2 Å². The number of hydrogen-bond acceptors (Lipinski definition) is 7. The number of likely N-dealkylation sites (N-methyl/N-ethyl adjacent to an activating group) is 1. The lowest BCUT2D eigenvalue weighted by molar-refractivity contribution is -0.136. The fourth-order valence-electron chi connectivity index (χ4n) is 1.71. The van der Waals surface area contributed by atoms with Crippen LogP contribution >= 0.6 is 0 Å². The zero-order valence-corrected chi connectivity index (χ0v) is 12.9. The fourth-order valence-corrected chi connectivity index (χ4v) is 1.71. The SMILES string of the molecule is COC=C(C(=O)OC)N(C)c1cccc(C(C#N)=NOC)c1. The highest BCUT2D eigenvalue weighted by Gasteiger charge is 2.18. The highest BCUT2D eigenvalue weighted by atomic mass is 16.6. The molecule has 7 nitrogen and oxygen atoms in total. The number of benzene rings is 1. The number of anilines is 1. The van der Waals surface area contributed by atoms with Gasteiger partial charge in [-0.2, -0.15) is 5.26 Å². The third kappa shape index (κ3) is 3.99. The Kier molecular flexibility index (Phi) is 6.44. The van der Waals surface area contributed by atoms with Crippen molar-refractivity contribution in [1.82, 2.24) is 0 Å². The normalized spacial score (nSPS) is 11.4. The quantitative estimate of drug-likeness (QED) is 0.261. The molecule has 7 heteroatoms. The van der Waals surface area contributed by atoms with E-state index < -0.39 is 5.97 Å². The van der Waals surface area contributed by atoms with Crippen molar-refractivity contribution in [1.29, 1.82) is 5.26 Å². The lowest BCUT2D eigenvalue weighted by Gasteiger charge is -2.21. The second-order valence-corrected chi connectivity index (χ2v) is 4.07. The van der Waals surface area contributed by atoms with E-state index in [1.165, 1.54) is 27.6 Å². The van der Waals surface area contributed by atoms with Crippen LogP contribution in [0.25, 0.3) is 0 Å². The van der Waals surface area contributed by atoms with E-state index in [2.05, 4.69) is 9.99 Å². The number of carbonyl (C=O) groups is 1. The van der Waals surface area contributed by atoms with E-state index in [1.807, 2.05) is 6.07 Å². The Morgan fingerprint density at radius 1 is 1.36 bits per heavy atom. The largest absolute Gasteiger partial charge is 0.502 e. The summed E-state index contributed by atoms with van der Waals surface area (Å²) in [4.78, 5) is 18.0. The van der Waals surface area contributed by atoms with Gasteiger partial charge in [-0.1, -0.05) is 17.3 Å². The summed E-state index contributed by atoms with van der Waals surface area (Å²) < 4.78 is 9.63. The first-order chi connectivity index (χ1) is 10.6. The molecule has 22 heavy (non-hydrogen) atoms. The highest BCUT2D eigenvalue weighted by molar-refractivity contribution is 6.11. The summed E-state index contributed by atoms with van der Waals surface area (Å²) in [5, 5.41) is 12.7. The van der Waals surface area contributed by atoms with Gasteiger partial charge in [0, 0.05) is 18.3 Å². The third-order valence-electron chi connectivity index (χ3n) is 2.78. The molecule has 0 saturated heterocycles. The summed E-state index contributed by atoms with van der Waals surface area (Å²) in [6.07, 6.45) is 1.28. The molecule has 0 spiro atoms.